The normalized spacial score (nSPS) is 39.4. The highest BCUT2D eigenvalue weighted by molar-refractivity contribution is 6.20. The van der Waals surface area contributed by atoms with Crippen LogP contribution in [0.25, 0.3) is 0 Å². The van der Waals surface area contributed by atoms with Gasteiger partial charge in [-0.25, -0.2) is 0 Å². The van der Waals surface area contributed by atoms with Gasteiger partial charge in [-0.2, -0.15) is 0 Å². The summed E-state index contributed by atoms with van der Waals surface area (Å²) in [6.45, 7) is 11.5. The van der Waals surface area contributed by atoms with Gasteiger partial charge in [0.05, 0.1) is 0 Å². The molecular weight excluding hydrogens is 192 g/mol. The van der Waals surface area contributed by atoms with Gasteiger partial charge in [-0.1, -0.05) is 34.6 Å². The zero-order chi connectivity index (χ0) is 10.9. The Labute approximate surface area is 94.4 Å². The number of rotatable bonds is 2. The Morgan fingerprint density at radius 3 is 2.21 bits per heavy atom. The molecule has 0 saturated heterocycles. The first kappa shape index (κ1) is 12.4. The summed E-state index contributed by atoms with van der Waals surface area (Å²) in [5, 5.41) is 0.401. The van der Waals surface area contributed by atoms with E-state index in [2.05, 4.69) is 34.6 Å². The van der Waals surface area contributed by atoms with Crippen molar-refractivity contribution in [3.63, 3.8) is 0 Å². The highest BCUT2D eigenvalue weighted by Crippen LogP contribution is 2.44. The van der Waals surface area contributed by atoms with Gasteiger partial charge in [-0.3, -0.25) is 0 Å². The van der Waals surface area contributed by atoms with Gasteiger partial charge in [0.2, 0.25) is 0 Å². The predicted octanol–water partition coefficient (Wildman–Crippen LogP) is 4.53. The summed E-state index contributed by atoms with van der Waals surface area (Å²) in [5.74, 6) is 4.66. The average molecular weight is 216 g/mol. The zero-order valence-electron chi connectivity index (χ0n) is 10.2. The number of hydrogen-bond donors (Lipinski definition) is 0. The Morgan fingerprint density at radius 2 is 1.79 bits per heavy atom. The molecule has 0 aliphatic heterocycles. The molecule has 1 aliphatic rings. The number of alkyl halides is 1. The van der Waals surface area contributed by atoms with Crippen molar-refractivity contribution >= 4 is 11.6 Å². The van der Waals surface area contributed by atoms with Crippen molar-refractivity contribution in [2.75, 3.05) is 0 Å². The van der Waals surface area contributed by atoms with Gasteiger partial charge in [0.25, 0.3) is 0 Å². The van der Waals surface area contributed by atoms with Gasteiger partial charge in [0.15, 0.2) is 0 Å². The Morgan fingerprint density at radius 1 is 1.21 bits per heavy atom. The lowest BCUT2D eigenvalue weighted by atomic mass is 9.66. The molecule has 0 aromatic carbocycles. The molecule has 83 valence electrons. The van der Waals surface area contributed by atoms with Gasteiger partial charge in [0.1, 0.15) is 0 Å². The van der Waals surface area contributed by atoms with Crippen LogP contribution in [0.1, 0.15) is 47.5 Å². The molecule has 1 rings (SSSR count). The fraction of sp³-hybridized carbons (Fsp3) is 0.923. The summed E-state index contributed by atoms with van der Waals surface area (Å²) in [6.07, 6.45) is 2.50. The van der Waals surface area contributed by atoms with E-state index < -0.39 is 0 Å². The molecule has 1 aliphatic carbocycles. The fourth-order valence-electron chi connectivity index (χ4n) is 2.78. The minimum absolute atomic E-state index is 0.401. The predicted molar refractivity (Wildman–Crippen MR) is 64.4 cm³/mol. The Bertz CT molecular complexity index is 154. The highest BCUT2D eigenvalue weighted by atomic mass is 35.5. The van der Waals surface area contributed by atoms with Crippen LogP contribution in [0.2, 0.25) is 0 Å². The third-order valence-electron chi connectivity index (χ3n) is 3.86. The standard InChI is InChI=1S/C13H24Cl/c1-8(2)11-6-10(5)13(14)7-12(11)9(3)4/h9-13H,6-7H2,1-5H3. The third-order valence-corrected chi connectivity index (χ3v) is 4.46. The molecule has 0 nitrogen and oxygen atoms in total. The van der Waals surface area contributed by atoms with Crippen molar-refractivity contribution in [1.29, 1.82) is 0 Å². The SMILES string of the molecule is C[C](C)C1CC(C)C(Cl)CC1C(C)C. The van der Waals surface area contributed by atoms with Gasteiger partial charge in [-0.15, -0.1) is 11.6 Å². The molecule has 0 aromatic rings. The van der Waals surface area contributed by atoms with Gasteiger partial charge in [-0.05, 0) is 42.4 Å². The van der Waals surface area contributed by atoms with Crippen LogP contribution in [0.3, 0.4) is 0 Å². The highest BCUT2D eigenvalue weighted by Gasteiger charge is 2.36. The summed E-state index contributed by atoms with van der Waals surface area (Å²) in [4.78, 5) is 0. The van der Waals surface area contributed by atoms with Crippen molar-refractivity contribution in [2.24, 2.45) is 23.7 Å². The van der Waals surface area contributed by atoms with Crippen LogP contribution in [0, 0.1) is 29.6 Å². The number of hydrogen-bond acceptors (Lipinski definition) is 0. The molecule has 0 amide bonds. The molecule has 1 saturated carbocycles. The van der Waals surface area contributed by atoms with E-state index in [0.717, 1.165) is 17.8 Å². The molecule has 0 bridgehead atoms. The van der Waals surface area contributed by atoms with Crippen molar-refractivity contribution in [1.82, 2.24) is 0 Å². The average Bonchev–Trinajstić information content (AvgIpc) is 2.08. The van der Waals surface area contributed by atoms with Gasteiger partial charge >= 0.3 is 0 Å². The van der Waals surface area contributed by atoms with E-state index in [1.807, 2.05) is 0 Å². The first-order valence-electron chi connectivity index (χ1n) is 5.87. The molecule has 1 radical (unpaired) electrons. The molecule has 0 spiro atoms. The zero-order valence-corrected chi connectivity index (χ0v) is 10.9. The maximum atomic E-state index is 6.37. The summed E-state index contributed by atoms with van der Waals surface area (Å²) >= 11 is 6.37. The maximum absolute atomic E-state index is 6.37. The second-order valence-electron chi connectivity index (χ2n) is 5.56. The van der Waals surface area contributed by atoms with Crippen molar-refractivity contribution in [2.45, 2.75) is 52.8 Å². The smallest absolute Gasteiger partial charge is 0.0364 e. The molecular formula is C13H24Cl. The van der Waals surface area contributed by atoms with E-state index in [1.54, 1.807) is 5.92 Å². The molecule has 0 heterocycles. The van der Waals surface area contributed by atoms with Crippen molar-refractivity contribution in [3.8, 4) is 0 Å². The van der Waals surface area contributed by atoms with Crippen molar-refractivity contribution in [3.05, 3.63) is 5.92 Å². The van der Waals surface area contributed by atoms with Crippen LogP contribution in [0.5, 0.6) is 0 Å². The van der Waals surface area contributed by atoms with E-state index in [4.69, 9.17) is 11.6 Å². The minimum atomic E-state index is 0.401. The largest absolute Gasteiger partial charge is 0.123 e. The van der Waals surface area contributed by atoms with E-state index >= 15 is 0 Å². The van der Waals surface area contributed by atoms with Crippen LogP contribution >= 0.6 is 11.6 Å². The topological polar surface area (TPSA) is 0 Å². The van der Waals surface area contributed by atoms with E-state index in [0.29, 0.717) is 11.3 Å². The second-order valence-corrected chi connectivity index (χ2v) is 6.12. The Balaban J connectivity index is 2.70. The molecule has 4 atom stereocenters. The molecule has 14 heavy (non-hydrogen) atoms. The summed E-state index contributed by atoms with van der Waals surface area (Å²) in [7, 11) is 0. The fourth-order valence-corrected chi connectivity index (χ4v) is 3.09. The number of halogens is 1. The Hall–Kier alpha value is 0.290. The van der Waals surface area contributed by atoms with Crippen LogP contribution in [-0.2, 0) is 0 Å². The first-order valence-corrected chi connectivity index (χ1v) is 6.31. The lowest BCUT2D eigenvalue weighted by Gasteiger charge is -2.42. The van der Waals surface area contributed by atoms with Crippen LogP contribution in [0.4, 0.5) is 0 Å². The quantitative estimate of drug-likeness (QED) is 0.594. The van der Waals surface area contributed by atoms with Gasteiger partial charge < -0.3 is 0 Å². The van der Waals surface area contributed by atoms with Crippen molar-refractivity contribution < 1.29 is 0 Å². The minimum Gasteiger partial charge on any atom is -0.123 e. The summed E-state index contributed by atoms with van der Waals surface area (Å²) in [5.41, 5.74) is 0. The van der Waals surface area contributed by atoms with Crippen LogP contribution < -0.4 is 0 Å². The molecule has 0 N–H and O–H groups in total. The molecule has 0 aromatic heterocycles. The van der Waals surface area contributed by atoms with E-state index in [9.17, 15) is 0 Å². The van der Waals surface area contributed by atoms with E-state index in [1.165, 1.54) is 12.8 Å². The lowest BCUT2D eigenvalue weighted by Crippen LogP contribution is -2.35. The molecule has 1 fully saturated rings. The van der Waals surface area contributed by atoms with E-state index in [-0.39, 0.29) is 0 Å². The van der Waals surface area contributed by atoms with Crippen LogP contribution in [-0.4, -0.2) is 5.38 Å². The Kier molecular flexibility index (Phi) is 4.30. The lowest BCUT2D eigenvalue weighted by molar-refractivity contribution is 0.158. The summed E-state index contributed by atoms with van der Waals surface area (Å²) in [6, 6.07) is 0. The second kappa shape index (κ2) is 4.88. The first-order chi connectivity index (χ1) is 6.43. The third kappa shape index (κ3) is 2.66. The molecule has 4 unspecified atom stereocenters. The van der Waals surface area contributed by atoms with Gasteiger partial charge in [0, 0.05) is 5.38 Å². The molecule has 1 heteroatoms. The monoisotopic (exact) mass is 215 g/mol. The van der Waals surface area contributed by atoms with Crippen LogP contribution in [0.15, 0.2) is 0 Å². The summed E-state index contributed by atoms with van der Waals surface area (Å²) < 4.78 is 0. The maximum Gasteiger partial charge on any atom is 0.0364 e.